The van der Waals surface area contributed by atoms with Gasteiger partial charge in [-0.3, -0.25) is 4.79 Å². The minimum absolute atomic E-state index is 0.279. The predicted molar refractivity (Wildman–Crippen MR) is 69.0 cm³/mol. The molecule has 0 aromatic heterocycles. The molecule has 0 aliphatic heterocycles. The Labute approximate surface area is 116 Å². The van der Waals surface area contributed by atoms with Crippen molar-refractivity contribution in [3.63, 3.8) is 0 Å². The monoisotopic (exact) mass is 341 g/mol. The van der Waals surface area contributed by atoms with E-state index in [1.165, 1.54) is 0 Å². The van der Waals surface area contributed by atoms with Crippen molar-refractivity contribution in [1.29, 1.82) is 0 Å². The molecule has 0 heterocycles. The summed E-state index contributed by atoms with van der Waals surface area (Å²) in [6, 6.07) is 5.35. The Kier molecular flexibility index (Phi) is 3.17. The summed E-state index contributed by atoms with van der Waals surface area (Å²) in [4.78, 5) is 11.1. The lowest BCUT2D eigenvalue weighted by Crippen LogP contribution is -2.16. The molecule has 1 aliphatic carbocycles. The van der Waals surface area contributed by atoms with Gasteiger partial charge in [-0.2, -0.15) is 0 Å². The van der Waals surface area contributed by atoms with Gasteiger partial charge in [0, 0.05) is 10.4 Å². The van der Waals surface area contributed by atoms with Gasteiger partial charge in [0.25, 0.3) is 0 Å². The number of alkyl halides is 2. The predicted octanol–water partition coefficient (Wildman–Crippen LogP) is 3.48. The Hall–Kier alpha value is 0.0400. The van der Waals surface area contributed by atoms with Crippen LogP contribution in [0.2, 0.25) is 5.02 Å². The molecule has 1 aromatic rings. The van der Waals surface area contributed by atoms with Crippen molar-refractivity contribution in [2.24, 2.45) is 11.7 Å². The molecular weight excluding hydrogens is 336 g/mol. The van der Waals surface area contributed by atoms with Gasteiger partial charge in [-0.25, -0.2) is 0 Å². The van der Waals surface area contributed by atoms with E-state index in [0.717, 1.165) is 10.0 Å². The number of amides is 1. The highest BCUT2D eigenvalue weighted by Gasteiger charge is 2.67. The van der Waals surface area contributed by atoms with E-state index in [2.05, 4.69) is 15.9 Å². The maximum absolute atomic E-state index is 11.1. The second-order valence-electron chi connectivity index (χ2n) is 3.71. The molecule has 6 heteroatoms. The number of hydrogen-bond donors (Lipinski definition) is 1. The highest BCUT2D eigenvalue weighted by Crippen LogP contribution is 2.64. The third kappa shape index (κ3) is 1.94. The Morgan fingerprint density at radius 1 is 1.44 bits per heavy atom. The van der Waals surface area contributed by atoms with Gasteiger partial charge >= 0.3 is 0 Å². The van der Waals surface area contributed by atoms with Gasteiger partial charge in [-0.15, -0.1) is 23.2 Å². The molecule has 0 bridgehead atoms. The van der Waals surface area contributed by atoms with Gasteiger partial charge in [0.1, 0.15) is 4.33 Å². The van der Waals surface area contributed by atoms with Crippen molar-refractivity contribution in [2.45, 2.75) is 10.3 Å². The number of primary amides is 1. The van der Waals surface area contributed by atoms with Crippen LogP contribution in [0.4, 0.5) is 0 Å². The average Bonchev–Trinajstić information content (AvgIpc) is 2.74. The van der Waals surface area contributed by atoms with Crippen LogP contribution < -0.4 is 5.73 Å². The zero-order valence-electron chi connectivity index (χ0n) is 7.88. The SMILES string of the molecule is NC(=O)C1C(c2ccc(Br)c(Cl)c2)C1(Cl)Cl. The molecule has 2 nitrogen and oxygen atoms in total. The maximum atomic E-state index is 11.1. The number of carbonyl (C=O) groups is 1. The highest BCUT2D eigenvalue weighted by atomic mass is 79.9. The topological polar surface area (TPSA) is 43.1 Å². The van der Waals surface area contributed by atoms with Crippen LogP contribution >= 0.6 is 50.7 Å². The normalized spacial score (nSPS) is 26.5. The van der Waals surface area contributed by atoms with Crippen LogP contribution in [0.3, 0.4) is 0 Å². The quantitative estimate of drug-likeness (QED) is 0.821. The maximum Gasteiger partial charge on any atom is 0.224 e. The first-order valence-electron chi connectivity index (χ1n) is 4.47. The second kappa shape index (κ2) is 4.05. The van der Waals surface area contributed by atoms with E-state index in [-0.39, 0.29) is 5.92 Å². The molecule has 86 valence electrons. The summed E-state index contributed by atoms with van der Waals surface area (Å²) in [5, 5.41) is 0.553. The molecule has 1 aromatic carbocycles. The molecule has 1 aliphatic rings. The number of benzene rings is 1. The fourth-order valence-corrected chi connectivity index (χ4v) is 3.08. The van der Waals surface area contributed by atoms with Crippen molar-refractivity contribution < 1.29 is 4.79 Å². The fourth-order valence-electron chi connectivity index (χ4n) is 1.80. The molecule has 2 atom stereocenters. The zero-order chi connectivity index (χ0) is 12.1. The Morgan fingerprint density at radius 2 is 2.06 bits per heavy atom. The molecule has 2 rings (SSSR count). The van der Waals surface area contributed by atoms with E-state index in [4.69, 9.17) is 40.5 Å². The summed E-state index contributed by atoms with van der Waals surface area (Å²) >= 11 is 21.2. The molecule has 1 fully saturated rings. The second-order valence-corrected chi connectivity index (χ2v) is 6.41. The number of nitrogens with two attached hydrogens (primary N) is 1. The average molecular weight is 343 g/mol. The Bertz CT molecular complexity index is 463. The molecule has 2 unspecified atom stereocenters. The van der Waals surface area contributed by atoms with Crippen molar-refractivity contribution in [1.82, 2.24) is 0 Å². The van der Waals surface area contributed by atoms with E-state index in [0.29, 0.717) is 5.02 Å². The zero-order valence-corrected chi connectivity index (χ0v) is 11.7. The van der Waals surface area contributed by atoms with E-state index >= 15 is 0 Å². The third-order valence-corrected chi connectivity index (χ3v) is 4.84. The number of halogens is 4. The minimum Gasteiger partial charge on any atom is -0.369 e. The molecule has 16 heavy (non-hydrogen) atoms. The molecule has 0 saturated heterocycles. The summed E-state index contributed by atoms with van der Waals surface area (Å²) in [6.45, 7) is 0. The first-order chi connectivity index (χ1) is 7.35. The van der Waals surface area contributed by atoms with Crippen molar-refractivity contribution >= 4 is 56.6 Å². The number of hydrogen-bond acceptors (Lipinski definition) is 1. The lowest BCUT2D eigenvalue weighted by molar-refractivity contribution is -0.119. The molecule has 0 spiro atoms. The smallest absolute Gasteiger partial charge is 0.224 e. The number of rotatable bonds is 2. The van der Waals surface area contributed by atoms with Gasteiger partial charge in [-0.1, -0.05) is 17.7 Å². The van der Waals surface area contributed by atoms with Crippen LogP contribution in [0, 0.1) is 5.92 Å². The van der Waals surface area contributed by atoms with Crippen LogP contribution in [0.5, 0.6) is 0 Å². The molecular formula is C10H7BrCl3NO. The van der Waals surface area contributed by atoms with E-state index in [9.17, 15) is 4.79 Å². The lowest BCUT2D eigenvalue weighted by atomic mass is 10.1. The summed E-state index contributed by atoms with van der Waals surface area (Å²) in [6.07, 6.45) is 0. The van der Waals surface area contributed by atoms with Gasteiger partial charge in [0.05, 0.1) is 10.9 Å². The molecule has 0 radical (unpaired) electrons. The van der Waals surface area contributed by atoms with Crippen LogP contribution in [0.1, 0.15) is 11.5 Å². The summed E-state index contributed by atoms with van der Waals surface area (Å²) in [5.74, 6) is -1.32. The van der Waals surface area contributed by atoms with Crippen molar-refractivity contribution in [2.75, 3.05) is 0 Å². The minimum atomic E-state index is -1.11. The van der Waals surface area contributed by atoms with Crippen LogP contribution in [0.25, 0.3) is 0 Å². The van der Waals surface area contributed by atoms with Gasteiger partial charge in [0.15, 0.2) is 0 Å². The molecule has 1 amide bonds. The van der Waals surface area contributed by atoms with Gasteiger partial charge in [-0.05, 0) is 33.6 Å². The summed E-state index contributed by atoms with van der Waals surface area (Å²) < 4.78 is -0.327. The van der Waals surface area contributed by atoms with Crippen LogP contribution in [0.15, 0.2) is 22.7 Å². The van der Waals surface area contributed by atoms with E-state index < -0.39 is 16.2 Å². The van der Waals surface area contributed by atoms with Gasteiger partial charge in [0.2, 0.25) is 5.91 Å². The fraction of sp³-hybridized carbons (Fsp3) is 0.300. The largest absolute Gasteiger partial charge is 0.369 e. The first kappa shape index (κ1) is 12.5. The van der Waals surface area contributed by atoms with Gasteiger partial charge < -0.3 is 5.73 Å². The Balaban J connectivity index is 2.33. The van der Waals surface area contributed by atoms with Crippen molar-refractivity contribution in [3.8, 4) is 0 Å². The van der Waals surface area contributed by atoms with E-state index in [1.807, 2.05) is 6.07 Å². The lowest BCUT2D eigenvalue weighted by Gasteiger charge is -2.02. The molecule has 1 saturated carbocycles. The third-order valence-electron chi connectivity index (χ3n) is 2.66. The van der Waals surface area contributed by atoms with Crippen molar-refractivity contribution in [3.05, 3.63) is 33.3 Å². The Morgan fingerprint density at radius 3 is 2.50 bits per heavy atom. The standard InChI is InChI=1S/C10H7BrCl3NO/c11-5-2-1-4(3-6(5)12)7-8(9(15)16)10(7,13)14/h1-3,7-8H,(H2,15,16). The number of carbonyl (C=O) groups excluding carboxylic acids is 1. The highest BCUT2D eigenvalue weighted by molar-refractivity contribution is 9.10. The molecule has 2 N–H and O–H groups in total. The first-order valence-corrected chi connectivity index (χ1v) is 6.40. The van der Waals surface area contributed by atoms with Crippen LogP contribution in [-0.4, -0.2) is 10.2 Å². The summed E-state index contributed by atoms with van der Waals surface area (Å²) in [7, 11) is 0. The van der Waals surface area contributed by atoms with Crippen LogP contribution in [-0.2, 0) is 4.79 Å². The summed E-state index contributed by atoms with van der Waals surface area (Å²) in [5.41, 5.74) is 6.04. The van der Waals surface area contributed by atoms with E-state index in [1.54, 1.807) is 12.1 Å².